The summed E-state index contributed by atoms with van der Waals surface area (Å²) in [5, 5.41) is 4.91. The van der Waals surface area contributed by atoms with Crippen molar-refractivity contribution in [2.24, 2.45) is 0 Å². The first-order chi connectivity index (χ1) is 17.1. The number of allylic oxidation sites excluding steroid dienone is 4. The van der Waals surface area contributed by atoms with Crippen molar-refractivity contribution in [2.45, 2.75) is 32.1 Å². The van der Waals surface area contributed by atoms with E-state index in [2.05, 4.69) is 103 Å². The predicted octanol–water partition coefficient (Wildman–Crippen LogP) is 9.08. The molecule has 0 atom stereocenters. The molecule has 0 saturated carbocycles. The summed E-state index contributed by atoms with van der Waals surface area (Å²) in [5.41, 5.74) is 11.3. The summed E-state index contributed by atoms with van der Waals surface area (Å²) in [6.45, 7) is 4.79. The lowest BCUT2D eigenvalue weighted by atomic mass is 9.78. The standard InChI is InChI=1S/C33H25NO/c1-33(2)26-14-6-3-10-20(26)24-18-25-21-11-4-7-15-28(21)34(30(25)19-27(24)33)29-16-9-13-23-22-12-5-8-17-31(22)35-32(23)29/h3-5,7-13,15-19H,6,14H2,1-2H3. The minimum Gasteiger partial charge on any atom is -0.454 e. The Labute approximate surface area is 203 Å². The molecule has 0 saturated heterocycles. The van der Waals surface area contributed by atoms with Gasteiger partial charge in [-0.25, -0.2) is 0 Å². The molecule has 0 fully saturated rings. The van der Waals surface area contributed by atoms with Crippen LogP contribution in [0.25, 0.3) is 55.0 Å². The molecule has 0 bridgehead atoms. The van der Waals surface area contributed by atoms with Crippen molar-refractivity contribution in [3.63, 3.8) is 0 Å². The van der Waals surface area contributed by atoms with Gasteiger partial charge in [-0.2, -0.15) is 0 Å². The SMILES string of the molecule is CC1(C)C2=C(C=CCC2)c2cc3c4ccccc4n(-c4cccc5c4oc4ccccc45)c3cc21. The second kappa shape index (κ2) is 6.55. The fraction of sp³-hybridized carbons (Fsp3) is 0.152. The van der Waals surface area contributed by atoms with E-state index in [1.165, 1.54) is 38.5 Å². The minimum atomic E-state index is 0.0380. The van der Waals surface area contributed by atoms with E-state index in [-0.39, 0.29) is 5.41 Å². The Hall–Kier alpha value is -4.04. The third kappa shape index (κ3) is 2.39. The van der Waals surface area contributed by atoms with Crippen LogP contribution in [0, 0.1) is 0 Å². The van der Waals surface area contributed by atoms with Crippen molar-refractivity contribution in [1.82, 2.24) is 4.57 Å². The van der Waals surface area contributed by atoms with Gasteiger partial charge < -0.3 is 8.98 Å². The lowest BCUT2D eigenvalue weighted by Gasteiger charge is -2.25. The molecule has 0 aliphatic heterocycles. The lowest BCUT2D eigenvalue weighted by molar-refractivity contribution is 0.608. The maximum Gasteiger partial charge on any atom is 0.159 e. The van der Waals surface area contributed by atoms with E-state index in [0.717, 1.165) is 40.5 Å². The summed E-state index contributed by atoms with van der Waals surface area (Å²) in [4.78, 5) is 0. The average Bonchev–Trinajstić information content (AvgIpc) is 3.50. The second-order valence-electron chi connectivity index (χ2n) is 10.5. The molecule has 2 heteroatoms. The third-order valence-corrected chi connectivity index (χ3v) is 8.32. The summed E-state index contributed by atoms with van der Waals surface area (Å²) in [6, 6.07) is 28.5. The molecule has 168 valence electrons. The molecule has 0 spiro atoms. The lowest BCUT2D eigenvalue weighted by Crippen LogP contribution is -2.17. The van der Waals surface area contributed by atoms with Gasteiger partial charge in [0.05, 0.1) is 16.7 Å². The maximum absolute atomic E-state index is 6.48. The van der Waals surface area contributed by atoms with Crippen molar-refractivity contribution in [2.75, 3.05) is 0 Å². The highest BCUT2D eigenvalue weighted by Gasteiger charge is 2.38. The molecule has 0 amide bonds. The van der Waals surface area contributed by atoms with E-state index in [4.69, 9.17) is 4.42 Å². The molecule has 4 aromatic carbocycles. The van der Waals surface area contributed by atoms with Crippen molar-refractivity contribution < 1.29 is 4.42 Å². The Kier molecular flexibility index (Phi) is 3.61. The summed E-state index contributed by atoms with van der Waals surface area (Å²) in [5.74, 6) is 0. The van der Waals surface area contributed by atoms with Crippen LogP contribution in [0.2, 0.25) is 0 Å². The quantitative estimate of drug-likeness (QED) is 0.244. The number of furan rings is 1. The second-order valence-corrected chi connectivity index (χ2v) is 10.5. The molecule has 8 rings (SSSR count). The smallest absolute Gasteiger partial charge is 0.159 e. The van der Waals surface area contributed by atoms with Crippen molar-refractivity contribution in [3.05, 3.63) is 108 Å². The minimum absolute atomic E-state index is 0.0380. The molecule has 35 heavy (non-hydrogen) atoms. The zero-order valence-corrected chi connectivity index (χ0v) is 19.9. The molecular formula is C33H25NO. The van der Waals surface area contributed by atoms with Crippen LogP contribution in [0.5, 0.6) is 0 Å². The van der Waals surface area contributed by atoms with E-state index in [1.807, 2.05) is 6.07 Å². The number of hydrogen-bond donors (Lipinski definition) is 0. The topological polar surface area (TPSA) is 18.1 Å². The number of aromatic nitrogens is 1. The molecule has 2 heterocycles. The molecule has 0 radical (unpaired) electrons. The third-order valence-electron chi connectivity index (χ3n) is 8.32. The van der Waals surface area contributed by atoms with Gasteiger partial charge in [0.2, 0.25) is 0 Å². The van der Waals surface area contributed by atoms with Gasteiger partial charge in [-0.1, -0.05) is 80.1 Å². The van der Waals surface area contributed by atoms with E-state index in [1.54, 1.807) is 5.57 Å². The van der Waals surface area contributed by atoms with E-state index < -0.39 is 0 Å². The summed E-state index contributed by atoms with van der Waals surface area (Å²) in [6.07, 6.45) is 6.97. The molecule has 2 aliphatic carbocycles. The fourth-order valence-electron chi connectivity index (χ4n) is 6.65. The first kappa shape index (κ1) is 19.3. The Morgan fingerprint density at radius 3 is 2.49 bits per heavy atom. The molecule has 2 aliphatic rings. The number of rotatable bonds is 1. The van der Waals surface area contributed by atoms with Crippen LogP contribution in [0.4, 0.5) is 0 Å². The van der Waals surface area contributed by atoms with Gasteiger partial charge in [-0.05, 0) is 59.9 Å². The summed E-state index contributed by atoms with van der Waals surface area (Å²) >= 11 is 0. The molecule has 0 unspecified atom stereocenters. The zero-order chi connectivity index (χ0) is 23.3. The first-order valence-electron chi connectivity index (χ1n) is 12.5. The summed E-state index contributed by atoms with van der Waals surface area (Å²) < 4.78 is 8.89. The van der Waals surface area contributed by atoms with E-state index in [0.29, 0.717) is 0 Å². The Balaban J connectivity index is 1.52. The van der Waals surface area contributed by atoms with Gasteiger partial charge in [0, 0.05) is 27.0 Å². The number of hydrogen-bond acceptors (Lipinski definition) is 1. The Bertz CT molecular complexity index is 1920. The molecular weight excluding hydrogens is 426 g/mol. The largest absolute Gasteiger partial charge is 0.454 e. The van der Waals surface area contributed by atoms with E-state index >= 15 is 0 Å². The zero-order valence-electron chi connectivity index (χ0n) is 19.9. The van der Waals surface area contributed by atoms with Crippen molar-refractivity contribution in [3.8, 4) is 5.69 Å². The molecule has 2 nitrogen and oxygen atoms in total. The van der Waals surface area contributed by atoms with Crippen LogP contribution >= 0.6 is 0 Å². The van der Waals surface area contributed by atoms with Crippen LogP contribution < -0.4 is 0 Å². The van der Waals surface area contributed by atoms with E-state index in [9.17, 15) is 0 Å². The van der Waals surface area contributed by atoms with Gasteiger partial charge in [-0.3, -0.25) is 0 Å². The highest BCUT2D eigenvalue weighted by Crippen LogP contribution is 2.52. The number of fused-ring (bicyclic) bond motifs is 8. The monoisotopic (exact) mass is 451 g/mol. The van der Waals surface area contributed by atoms with Crippen LogP contribution in [0.15, 0.2) is 101 Å². The van der Waals surface area contributed by atoms with Gasteiger partial charge in [0.15, 0.2) is 5.58 Å². The molecule has 6 aromatic rings. The van der Waals surface area contributed by atoms with Crippen molar-refractivity contribution >= 4 is 49.3 Å². The number of nitrogens with zero attached hydrogens (tertiary/aromatic N) is 1. The highest BCUT2D eigenvalue weighted by molar-refractivity contribution is 6.14. The van der Waals surface area contributed by atoms with Gasteiger partial charge in [0.25, 0.3) is 0 Å². The predicted molar refractivity (Wildman–Crippen MR) is 146 cm³/mol. The number of para-hydroxylation sites is 3. The summed E-state index contributed by atoms with van der Waals surface area (Å²) in [7, 11) is 0. The van der Waals surface area contributed by atoms with Gasteiger partial charge >= 0.3 is 0 Å². The Morgan fingerprint density at radius 2 is 1.57 bits per heavy atom. The van der Waals surface area contributed by atoms with Gasteiger partial charge in [-0.15, -0.1) is 0 Å². The molecule has 0 N–H and O–H groups in total. The van der Waals surface area contributed by atoms with Crippen LogP contribution in [0.1, 0.15) is 37.8 Å². The Morgan fingerprint density at radius 1 is 0.771 bits per heavy atom. The molecule has 2 aromatic heterocycles. The average molecular weight is 452 g/mol. The maximum atomic E-state index is 6.48. The normalized spacial score (nSPS) is 16.6. The highest BCUT2D eigenvalue weighted by atomic mass is 16.3. The van der Waals surface area contributed by atoms with Crippen LogP contribution in [-0.4, -0.2) is 4.57 Å². The fourth-order valence-corrected chi connectivity index (χ4v) is 6.65. The van der Waals surface area contributed by atoms with Crippen LogP contribution in [0.3, 0.4) is 0 Å². The number of benzene rings is 4. The van der Waals surface area contributed by atoms with Crippen molar-refractivity contribution in [1.29, 1.82) is 0 Å². The van der Waals surface area contributed by atoms with Crippen LogP contribution in [-0.2, 0) is 5.41 Å². The first-order valence-corrected chi connectivity index (χ1v) is 12.5. The van der Waals surface area contributed by atoms with Gasteiger partial charge in [0.1, 0.15) is 5.58 Å².